The van der Waals surface area contributed by atoms with Crippen LogP contribution in [-0.4, -0.2) is 107 Å². The average Bonchev–Trinajstić information content (AvgIpc) is 3.68. The monoisotopic (exact) mass is 516 g/mol. The van der Waals surface area contributed by atoms with Gasteiger partial charge < -0.3 is 45.7 Å². The number of nitrogens with zero attached hydrogens (tertiary/aromatic N) is 3. The van der Waals surface area contributed by atoms with Crippen molar-refractivity contribution >= 4 is 22.1 Å². The number of rotatable bonds is 4. The van der Waals surface area contributed by atoms with Crippen molar-refractivity contribution in [3.8, 4) is 0 Å². The maximum atomic E-state index is 11.6. The fraction of sp³-hybridized carbons (Fsp3) is 0.478. The van der Waals surface area contributed by atoms with Crippen molar-refractivity contribution in [2.75, 3.05) is 39.4 Å². The van der Waals surface area contributed by atoms with Gasteiger partial charge in [0, 0.05) is 75.7 Å². The molecule has 6 rings (SSSR count). The standard InChI is InChI=1S/C12H16N4O3.C6H5N3O.C5H11NO2/c17-5-8-3-16(4-9(8)18)2-7-1-13-11-10(7)14-6-15-12(11)19;10-6-5-4(1-2-7-5)8-3-9-6;7-3-4-1-6-2-5(4)8/h1,6,8-9,13,17-18H,2-5H2,(H,14,15,19);1-3,7H,(H,8,9,10);4-8H,1-3H2/t8-,9-;;4-,5-/m0.0/s1. The van der Waals surface area contributed by atoms with E-state index in [4.69, 9.17) is 15.3 Å². The Hall–Kier alpha value is -3.40. The Morgan fingerprint density at radius 3 is 2.22 bits per heavy atom. The molecule has 0 spiro atoms. The molecule has 0 aromatic carbocycles. The lowest BCUT2D eigenvalue weighted by molar-refractivity contribution is 0.103. The third-order valence-corrected chi connectivity index (χ3v) is 6.55. The van der Waals surface area contributed by atoms with Gasteiger partial charge in [-0.25, -0.2) is 9.97 Å². The van der Waals surface area contributed by atoms with Gasteiger partial charge in [-0.15, -0.1) is 0 Å². The number of β-amino-alcohol motifs (C(OH)–C–C–N with tert-alkyl or cyclic N) is 2. The van der Waals surface area contributed by atoms with Crippen LogP contribution in [0.2, 0.25) is 0 Å². The summed E-state index contributed by atoms with van der Waals surface area (Å²) in [5.74, 6) is -0.0310. The molecule has 0 bridgehead atoms. The summed E-state index contributed by atoms with van der Waals surface area (Å²) >= 11 is 0. The normalized spacial score (nSPS) is 23.6. The van der Waals surface area contributed by atoms with Crippen LogP contribution in [-0.2, 0) is 6.54 Å². The minimum Gasteiger partial charge on any atom is -0.396 e. The molecule has 37 heavy (non-hydrogen) atoms. The van der Waals surface area contributed by atoms with E-state index in [1.54, 1.807) is 18.5 Å². The van der Waals surface area contributed by atoms with Crippen LogP contribution in [0.3, 0.4) is 0 Å². The Balaban J connectivity index is 0.000000148. The minimum absolute atomic E-state index is 0.0104. The number of aliphatic hydroxyl groups is 4. The van der Waals surface area contributed by atoms with E-state index in [0.29, 0.717) is 48.2 Å². The molecule has 200 valence electrons. The van der Waals surface area contributed by atoms with E-state index in [-0.39, 0.29) is 42.3 Å². The molecule has 2 fully saturated rings. The summed E-state index contributed by atoms with van der Waals surface area (Å²) < 4.78 is 0. The van der Waals surface area contributed by atoms with Gasteiger partial charge >= 0.3 is 0 Å². The van der Waals surface area contributed by atoms with Gasteiger partial charge in [-0.1, -0.05) is 0 Å². The number of aromatic amines is 4. The van der Waals surface area contributed by atoms with Gasteiger partial charge in [0.15, 0.2) is 0 Å². The molecule has 4 aromatic rings. The number of likely N-dealkylation sites (tertiary alicyclic amines) is 1. The van der Waals surface area contributed by atoms with Crippen LogP contribution in [0.5, 0.6) is 0 Å². The van der Waals surface area contributed by atoms with Crippen LogP contribution in [0.25, 0.3) is 22.1 Å². The highest BCUT2D eigenvalue weighted by molar-refractivity contribution is 5.77. The number of H-pyrrole nitrogens is 4. The summed E-state index contributed by atoms with van der Waals surface area (Å²) in [5, 5.41) is 39.4. The van der Waals surface area contributed by atoms with E-state index in [0.717, 1.165) is 12.1 Å². The third kappa shape index (κ3) is 6.30. The summed E-state index contributed by atoms with van der Waals surface area (Å²) in [5.41, 5.74) is 2.96. The molecular weight excluding hydrogens is 484 g/mol. The molecule has 2 aliphatic rings. The third-order valence-electron chi connectivity index (χ3n) is 6.55. The summed E-state index contributed by atoms with van der Waals surface area (Å²) in [6.45, 7) is 3.24. The second-order valence-corrected chi connectivity index (χ2v) is 9.11. The number of aromatic nitrogens is 6. The first-order valence-corrected chi connectivity index (χ1v) is 12.0. The minimum atomic E-state index is -0.494. The van der Waals surface area contributed by atoms with E-state index in [2.05, 4.69) is 40.1 Å². The number of aliphatic hydroxyl groups excluding tert-OH is 4. The first kappa shape index (κ1) is 26.7. The predicted molar refractivity (Wildman–Crippen MR) is 135 cm³/mol. The summed E-state index contributed by atoms with van der Waals surface area (Å²) in [6.07, 6.45) is 5.40. The second kappa shape index (κ2) is 12.2. The Labute approximate surface area is 210 Å². The van der Waals surface area contributed by atoms with Crippen LogP contribution in [0, 0.1) is 11.8 Å². The van der Waals surface area contributed by atoms with Crippen molar-refractivity contribution in [3.05, 3.63) is 57.4 Å². The summed E-state index contributed by atoms with van der Waals surface area (Å²) in [7, 11) is 0. The fourth-order valence-electron chi connectivity index (χ4n) is 4.40. The van der Waals surface area contributed by atoms with Crippen molar-refractivity contribution in [3.63, 3.8) is 0 Å². The molecule has 14 heteroatoms. The maximum absolute atomic E-state index is 11.6. The van der Waals surface area contributed by atoms with Gasteiger partial charge in [0.2, 0.25) is 0 Å². The zero-order chi connectivity index (χ0) is 26.4. The van der Waals surface area contributed by atoms with Gasteiger partial charge in [-0.3, -0.25) is 14.5 Å². The molecule has 0 radical (unpaired) electrons. The lowest BCUT2D eigenvalue weighted by Crippen LogP contribution is -2.21. The number of hydrogen-bond acceptors (Lipinski definition) is 10. The maximum Gasteiger partial charge on any atom is 0.275 e. The second-order valence-electron chi connectivity index (χ2n) is 9.11. The van der Waals surface area contributed by atoms with Crippen LogP contribution in [0.15, 0.2) is 40.7 Å². The molecule has 4 aromatic heterocycles. The van der Waals surface area contributed by atoms with Crippen LogP contribution >= 0.6 is 0 Å². The highest BCUT2D eigenvalue weighted by Crippen LogP contribution is 2.21. The van der Waals surface area contributed by atoms with E-state index >= 15 is 0 Å². The fourth-order valence-corrected chi connectivity index (χ4v) is 4.40. The molecule has 0 amide bonds. The predicted octanol–water partition coefficient (Wildman–Crippen LogP) is -2.15. The molecule has 2 aliphatic heterocycles. The Bertz CT molecular complexity index is 1400. The quantitative estimate of drug-likeness (QED) is 0.143. The SMILES string of the molecule is O=c1[nH]cnc2c(CN3C[C@@H](CO)[C@@H](O)C3)c[nH]c12.O=c1[nH]cnc2cc[nH]c12.OC[C@@H]1CNC[C@@H]1O. The Morgan fingerprint density at radius 1 is 0.865 bits per heavy atom. The lowest BCUT2D eigenvalue weighted by atomic mass is 10.1. The summed E-state index contributed by atoms with van der Waals surface area (Å²) in [6, 6.07) is 1.75. The molecule has 14 nitrogen and oxygen atoms in total. The molecule has 2 saturated heterocycles. The van der Waals surface area contributed by atoms with Gasteiger partial charge in [-0.05, 0) is 6.07 Å². The zero-order valence-electron chi connectivity index (χ0n) is 20.1. The summed E-state index contributed by atoms with van der Waals surface area (Å²) in [4.78, 5) is 43.3. The van der Waals surface area contributed by atoms with Crippen LogP contribution < -0.4 is 16.4 Å². The molecule has 9 N–H and O–H groups in total. The molecule has 0 aliphatic carbocycles. The Morgan fingerprint density at radius 2 is 1.59 bits per heavy atom. The first-order valence-electron chi connectivity index (χ1n) is 12.0. The molecule has 4 atom stereocenters. The van der Waals surface area contributed by atoms with Gasteiger partial charge in [0.25, 0.3) is 11.1 Å². The number of hydrogen-bond donors (Lipinski definition) is 9. The zero-order valence-corrected chi connectivity index (χ0v) is 20.1. The van der Waals surface area contributed by atoms with Crippen LogP contribution in [0.4, 0.5) is 0 Å². The van der Waals surface area contributed by atoms with Crippen molar-refractivity contribution in [1.29, 1.82) is 0 Å². The van der Waals surface area contributed by atoms with Crippen LogP contribution in [0.1, 0.15) is 5.56 Å². The highest BCUT2D eigenvalue weighted by Gasteiger charge is 2.31. The number of fused-ring (bicyclic) bond motifs is 2. The van der Waals surface area contributed by atoms with Gasteiger partial charge in [0.05, 0.1) is 35.9 Å². The molecule has 0 unspecified atom stereocenters. The van der Waals surface area contributed by atoms with E-state index in [9.17, 15) is 14.7 Å². The Kier molecular flexibility index (Phi) is 8.81. The topological polar surface area (TPSA) is 219 Å². The van der Waals surface area contributed by atoms with E-state index in [1.807, 2.05) is 0 Å². The van der Waals surface area contributed by atoms with Crippen molar-refractivity contribution in [2.24, 2.45) is 11.8 Å². The van der Waals surface area contributed by atoms with Crippen molar-refractivity contribution in [2.45, 2.75) is 18.8 Å². The molecule has 6 heterocycles. The van der Waals surface area contributed by atoms with E-state index < -0.39 is 6.10 Å². The van der Waals surface area contributed by atoms with E-state index in [1.165, 1.54) is 12.7 Å². The largest absolute Gasteiger partial charge is 0.396 e. The average molecular weight is 517 g/mol. The molecular formula is C23H32N8O6. The lowest BCUT2D eigenvalue weighted by Gasteiger charge is -2.13. The van der Waals surface area contributed by atoms with Crippen molar-refractivity contribution < 1.29 is 20.4 Å². The van der Waals surface area contributed by atoms with Crippen molar-refractivity contribution in [1.82, 2.24) is 40.1 Å². The van der Waals surface area contributed by atoms with Gasteiger partial charge in [-0.2, -0.15) is 0 Å². The number of nitrogens with one attached hydrogen (secondary N) is 5. The highest BCUT2D eigenvalue weighted by atomic mass is 16.3. The first-order chi connectivity index (χ1) is 17.9. The molecule has 0 saturated carbocycles. The smallest absolute Gasteiger partial charge is 0.275 e. The van der Waals surface area contributed by atoms with Gasteiger partial charge in [0.1, 0.15) is 11.0 Å².